The molecule has 0 aliphatic rings. The van der Waals surface area contributed by atoms with Gasteiger partial charge < -0.3 is 0 Å². The zero-order valence-corrected chi connectivity index (χ0v) is 8.77. The molecule has 0 unspecified atom stereocenters. The number of benzene rings is 1. The summed E-state index contributed by atoms with van der Waals surface area (Å²) in [7, 11) is -3.16. The van der Waals surface area contributed by atoms with E-state index in [1.165, 1.54) is 0 Å². The maximum atomic E-state index is 10.9. The molecule has 3 nitrogen and oxygen atoms in total. The molecular weight excluding hydrogens is 186 g/mol. The van der Waals surface area contributed by atoms with E-state index in [-0.39, 0.29) is 0 Å². The van der Waals surface area contributed by atoms with E-state index in [4.69, 9.17) is 0 Å². The summed E-state index contributed by atoms with van der Waals surface area (Å²) in [5.41, 5.74) is 2.85. The van der Waals surface area contributed by atoms with E-state index in [1.807, 2.05) is 26.0 Å². The fraction of sp³-hybridized carbons (Fsp3) is 0.333. The van der Waals surface area contributed by atoms with E-state index in [2.05, 4.69) is 4.72 Å². The number of rotatable bonds is 2. The van der Waals surface area contributed by atoms with Gasteiger partial charge in [-0.1, -0.05) is 6.07 Å². The number of sulfonamides is 1. The number of nitrogens with one attached hydrogen (secondary N) is 1. The van der Waals surface area contributed by atoms with Crippen molar-refractivity contribution in [1.29, 1.82) is 0 Å². The van der Waals surface area contributed by atoms with Gasteiger partial charge in [-0.3, -0.25) is 4.72 Å². The van der Waals surface area contributed by atoms with Gasteiger partial charge in [0.1, 0.15) is 0 Å². The molecule has 1 rings (SSSR count). The highest BCUT2D eigenvalue weighted by molar-refractivity contribution is 7.92. The van der Waals surface area contributed by atoms with Gasteiger partial charge in [0.25, 0.3) is 0 Å². The summed E-state index contributed by atoms with van der Waals surface area (Å²) in [6.07, 6.45) is 1.14. The van der Waals surface area contributed by atoms with Crippen LogP contribution in [0.1, 0.15) is 11.1 Å². The molecule has 4 heteroatoms. The Morgan fingerprint density at radius 3 is 2.23 bits per heavy atom. The molecule has 0 saturated heterocycles. The Morgan fingerprint density at radius 2 is 1.77 bits per heavy atom. The van der Waals surface area contributed by atoms with Crippen LogP contribution in [0, 0.1) is 13.8 Å². The Labute approximate surface area is 78.8 Å². The van der Waals surface area contributed by atoms with Gasteiger partial charge in [0.05, 0.1) is 6.26 Å². The van der Waals surface area contributed by atoms with E-state index >= 15 is 0 Å². The number of aryl methyl sites for hydroxylation is 2. The van der Waals surface area contributed by atoms with E-state index in [0.29, 0.717) is 5.69 Å². The zero-order chi connectivity index (χ0) is 10.1. The van der Waals surface area contributed by atoms with Crippen molar-refractivity contribution in [1.82, 2.24) is 0 Å². The largest absolute Gasteiger partial charge is 0.284 e. The lowest BCUT2D eigenvalue weighted by molar-refractivity contribution is 0.607. The average Bonchev–Trinajstić information content (AvgIpc) is 1.94. The number of anilines is 1. The Morgan fingerprint density at radius 1 is 1.15 bits per heavy atom. The van der Waals surface area contributed by atoms with E-state index < -0.39 is 10.0 Å². The van der Waals surface area contributed by atoms with Crippen LogP contribution in [0.25, 0.3) is 0 Å². The zero-order valence-electron chi connectivity index (χ0n) is 7.96. The lowest BCUT2D eigenvalue weighted by Gasteiger charge is -2.06. The molecule has 13 heavy (non-hydrogen) atoms. The number of hydrogen-bond acceptors (Lipinski definition) is 2. The lowest BCUT2D eigenvalue weighted by atomic mass is 10.1. The molecule has 0 fully saturated rings. The highest BCUT2D eigenvalue weighted by Gasteiger charge is 2.01. The van der Waals surface area contributed by atoms with Crippen molar-refractivity contribution in [3.63, 3.8) is 0 Å². The molecule has 0 spiro atoms. The summed E-state index contributed by atoms with van der Waals surface area (Å²) in [5, 5.41) is 0. The average molecular weight is 199 g/mol. The van der Waals surface area contributed by atoms with Crippen molar-refractivity contribution in [3.8, 4) is 0 Å². The molecular formula is C9H13NO2S. The monoisotopic (exact) mass is 199 g/mol. The molecule has 0 amide bonds. The van der Waals surface area contributed by atoms with Crippen LogP contribution in [-0.2, 0) is 10.0 Å². The number of hydrogen-bond donors (Lipinski definition) is 1. The van der Waals surface area contributed by atoms with Gasteiger partial charge in [-0.05, 0) is 37.1 Å². The lowest BCUT2D eigenvalue weighted by Crippen LogP contribution is -2.09. The van der Waals surface area contributed by atoms with Gasteiger partial charge >= 0.3 is 0 Å². The summed E-state index contributed by atoms with van der Waals surface area (Å²) in [6, 6.07) is 5.46. The van der Waals surface area contributed by atoms with Gasteiger partial charge in [0.15, 0.2) is 0 Å². The highest BCUT2D eigenvalue weighted by atomic mass is 32.2. The first kappa shape index (κ1) is 10.1. The van der Waals surface area contributed by atoms with Crippen LogP contribution in [-0.4, -0.2) is 14.7 Å². The predicted octanol–water partition coefficient (Wildman–Crippen LogP) is 1.67. The molecule has 0 bridgehead atoms. The first-order valence-electron chi connectivity index (χ1n) is 3.93. The van der Waals surface area contributed by atoms with Gasteiger partial charge in [-0.25, -0.2) is 8.42 Å². The molecule has 1 N–H and O–H groups in total. The standard InChI is InChI=1S/C9H13NO2S/c1-7-4-5-9(6-8(7)2)10-13(3,11)12/h4-6,10H,1-3H3. The maximum absolute atomic E-state index is 10.9. The van der Waals surface area contributed by atoms with Crippen LogP contribution in [0.4, 0.5) is 5.69 Å². The smallest absolute Gasteiger partial charge is 0.229 e. The first-order chi connectivity index (χ1) is 5.88. The molecule has 0 aliphatic carbocycles. The molecule has 1 aromatic carbocycles. The minimum absolute atomic E-state index is 0.616. The molecule has 72 valence electrons. The minimum atomic E-state index is -3.16. The van der Waals surface area contributed by atoms with Gasteiger partial charge in [0, 0.05) is 5.69 Å². The van der Waals surface area contributed by atoms with Crippen LogP contribution >= 0.6 is 0 Å². The summed E-state index contributed by atoms with van der Waals surface area (Å²) in [5.74, 6) is 0. The van der Waals surface area contributed by atoms with E-state index in [1.54, 1.807) is 6.07 Å². The second kappa shape index (κ2) is 3.38. The molecule has 0 aliphatic heterocycles. The summed E-state index contributed by atoms with van der Waals surface area (Å²) in [6.45, 7) is 3.93. The molecule has 0 radical (unpaired) electrons. The third kappa shape index (κ3) is 3.06. The summed E-state index contributed by atoms with van der Waals surface area (Å²) in [4.78, 5) is 0. The molecule has 0 heterocycles. The van der Waals surface area contributed by atoms with Crippen molar-refractivity contribution in [2.75, 3.05) is 11.0 Å². The molecule has 0 aromatic heterocycles. The third-order valence-corrected chi connectivity index (χ3v) is 2.42. The summed E-state index contributed by atoms with van der Waals surface area (Å²) >= 11 is 0. The Hall–Kier alpha value is -1.03. The fourth-order valence-electron chi connectivity index (χ4n) is 1.02. The van der Waals surface area contributed by atoms with E-state index in [9.17, 15) is 8.42 Å². The van der Waals surface area contributed by atoms with Crippen molar-refractivity contribution in [2.24, 2.45) is 0 Å². The minimum Gasteiger partial charge on any atom is -0.284 e. The van der Waals surface area contributed by atoms with Gasteiger partial charge in [-0.2, -0.15) is 0 Å². The summed E-state index contributed by atoms with van der Waals surface area (Å²) < 4.78 is 24.2. The SMILES string of the molecule is Cc1ccc(NS(C)(=O)=O)cc1C. The second-order valence-corrected chi connectivity index (χ2v) is 4.92. The van der Waals surface area contributed by atoms with Crippen LogP contribution in [0.2, 0.25) is 0 Å². The molecule has 0 saturated carbocycles. The van der Waals surface area contributed by atoms with Crippen molar-refractivity contribution in [3.05, 3.63) is 29.3 Å². The highest BCUT2D eigenvalue weighted by Crippen LogP contribution is 2.14. The van der Waals surface area contributed by atoms with Gasteiger partial charge in [0.2, 0.25) is 10.0 Å². The van der Waals surface area contributed by atoms with Crippen molar-refractivity contribution >= 4 is 15.7 Å². The second-order valence-electron chi connectivity index (χ2n) is 3.17. The van der Waals surface area contributed by atoms with Crippen molar-refractivity contribution in [2.45, 2.75) is 13.8 Å². The third-order valence-electron chi connectivity index (χ3n) is 1.81. The topological polar surface area (TPSA) is 46.2 Å². The molecule has 0 atom stereocenters. The maximum Gasteiger partial charge on any atom is 0.229 e. The Balaban J connectivity index is 2.99. The van der Waals surface area contributed by atoms with Crippen LogP contribution in [0.3, 0.4) is 0 Å². The first-order valence-corrected chi connectivity index (χ1v) is 5.83. The molecule has 1 aromatic rings. The fourth-order valence-corrected chi connectivity index (χ4v) is 1.57. The van der Waals surface area contributed by atoms with Gasteiger partial charge in [-0.15, -0.1) is 0 Å². The Kier molecular flexibility index (Phi) is 2.61. The van der Waals surface area contributed by atoms with E-state index in [0.717, 1.165) is 17.4 Å². The Bertz CT molecular complexity index is 410. The van der Waals surface area contributed by atoms with Crippen molar-refractivity contribution < 1.29 is 8.42 Å². The van der Waals surface area contributed by atoms with Crippen LogP contribution in [0.15, 0.2) is 18.2 Å². The predicted molar refractivity (Wildman–Crippen MR) is 54.4 cm³/mol. The van der Waals surface area contributed by atoms with Crippen LogP contribution in [0.5, 0.6) is 0 Å². The quantitative estimate of drug-likeness (QED) is 0.787. The normalized spacial score (nSPS) is 11.3. The van der Waals surface area contributed by atoms with Crippen LogP contribution < -0.4 is 4.72 Å².